The van der Waals surface area contributed by atoms with Crippen molar-refractivity contribution in [2.45, 2.75) is 51.7 Å². The number of hydrogen-bond donors (Lipinski definition) is 2. The molecule has 142 valence electrons. The first-order chi connectivity index (χ1) is 12.3. The monoisotopic (exact) mass is 350 g/mol. The average molecular weight is 351 g/mol. The first-order valence-electron chi connectivity index (χ1n) is 9.58. The van der Waals surface area contributed by atoms with E-state index in [0.29, 0.717) is 13.2 Å². The number of nitrogens with one attached hydrogen (secondary N) is 2. The predicted octanol–water partition coefficient (Wildman–Crippen LogP) is 2.62. The van der Waals surface area contributed by atoms with Crippen LogP contribution >= 0.6 is 0 Å². The van der Waals surface area contributed by atoms with Gasteiger partial charge in [0.1, 0.15) is 12.4 Å². The van der Waals surface area contributed by atoms with Gasteiger partial charge in [0, 0.05) is 39.3 Å². The molecule has 0 aromatic carbocycles. The fourth-order valence-electron chi connectivity index (χ4n) is 3.15. The number of aliphatic imine (C=N–C) groups is 1. The Morgan fingerprint density at radius 2 is 2.16 bits per heavy atom. The second-order valence-electron chi connectivity index (χ2n) is 6.65. The van der Waals surface area contributed by atoms with Gasteiger partial charge in [-0.15, -0.1) is 0 Å². The first-order valence-corrected chi connectivity index (χ1v) is 9.58. The Morgan fingerprint density at radius 1 is 1.32 bits per heavy atom. The second kappa shape index (κ2) is 11.9. The van der Waals surface area contributed by atoms with Crippen LogP contribution in [-0.2, 0) is 11.3 Å². The molecule has 1 aromatic rings. The third kappa shape index (κ3) is 7.92. The number of likely N-dealkylation sites (tertiary alicyclic amines) is 1. The van der Waals surface area contributed by atoms with Crippen LogP contribution in [0.3, 0.4) is 0 Å². The molecule has 0 aliphatic carbocycles. The van der Waals surface area contributed by atoms with Crippen molar-refractivity contribution in [3.05, 3.63) is 24.2 Å². The molecule has 0 spiro atoms. The minimum Gasteiger partial charge on any atom is -0.467 e. The molecule has 1 aliphatic rings. The van der Waals surface area contributed by atoms with Crippen molar-refractivity contribution in [1.29, 1.82) is 0 Å². The van der Waals surface area contributed by atoms with E-state index in [9.17, 15) is 0 Å². The first kappa shape index (κ1) is 19.8. The highest BCUT2D eigenvalue weighted by molar-refractivity contribution is 5.79. The lowest BCUT2D eigenvalue weighted by Gasteiger charge is -2.33. The van der Waals surface area contributed by atoms with Gasteiger partial charge in [0.15, 0.2) is 5.96 Å². The van der Waals surface area contributed by atoms with Crippen LogP contribution in [0.15, 0.2) is 27.8 Å². The standard InChI is InChI=1S/C19H34N4O2/c1-17-8-3-4-12-23(17)13-6-10-21-19(20-2)22-11-7-14-24-16-18-9-5-15-25-18/h5,9,15,17H,3-4,6-8,10-14,16H2,1-2H3,(H2,20,21,22). The number of furan rings is 1. The maximum absolute atomic E-state index is 5.57. The second-order valence-corrected chi connectivity index (χ2v) is 6.65. The van der Waals surface area contributed by atoms with E-state index >= 15 is 0 Å². The number of guanidine groups is 1. The van der Waals surface area contributed by atoms with Gasteiger partial charge in [0.2, 0.25) is 0 Å². The lowest BCUT2D eigenvalue weighted by atomic mass is 10.0. The smallest absolute Gasteiger partial charge is 0.190 e. The topological polar surface area (TPSA) is 62.0 Å². The van der Waals surface area contributed by atoms with Gasteiger partial charge in [-0.05, 0) is 51.3 Å². The zero-order valence-electron chi connectivity index (χ0n) is 15.8. The molecule has 0 saturated carbocycles. The van der Waals surface area contributed by atoms with Crippen molar-refractivity contribution >= 4 is 5.96 Å². The number of piperidine rings is 1. The van der Waals surface area contributed by atoms with Gasteiger partial charge < -0.3 is 24.7 Å². The summed E-state index contributed by atoms with van der Waals surface area (Å²) < 4.78 is 10.8. The molecule has 0 bridgehead atoms. The summed E-state index contributed by atoms with van der Waals surface area (Å²) >= 11 is 0. The van der Waals surface area contributed by atoms with E-state index in [0.717, 1.165) is 43.7 Å². The van der Waals surface area contributed by atoms with Gasteiger partial charge in [0.05, 0.1) is 6.26 Å². The minimum absolute atomic E-state index is 0.537. The Bertz CT molecular complexity index is 476. The summed E-state index contributed by atoms with van der Waals surface area (Å²) in [5.41, 5.74) is 0. The van der Waals surface area contributed by atoms with Gasteiger partial charge in [-0.3, -0.25) is 4.99 Å². The van der Waals surface area contributed by atoms with Crippen LogP contribution in [0, 0.1) is 0 Å². The Labute approximate surface area is 152 Å². The van der Waals surface area contributed by atoms with E-state index in [1.807, 2.05) is 19.2 Å². The fourth-order valence-corrected chi connectivity index (χ4v) is 3.15. The normalized spacial score (nSPS) is 19.1. The number of hydrogen-bond acceptors (Lipinski definition) is 4. The third-order valence-corrected chi connectivity index (χ3v) is 4.66. The molecule has 25 heavy (non-hydrogen) atoms. The molecule has 2 N–H and O–H groups in total. The lowest BCUT2D eigenvalue weighted by molar-refractivity contribution is 0.105. The quantitative estimate of drug-likeness (QED) is 0.386. The summed E-state index contributed by atoms with van der Waals surface area (Å²) in [5.74, 6) is 1.74. The lowest BCUT2D eigenvalue weighted by Crippen LogP contribution is -2.41. The molecule has 0 amide bonds. The van der Waals surface area contributed by atoms with Gasteiger partial charge in [-0.2, -0.15) is 0 Å². The van der Waals surface area contributed by atoms with Gasteiger partial charge in [0.25, 0.3) is 0 Å². The van der Waals surface area contributed by atoms with Crippen LogP contribution in [0.25, 0.3) is 0 Å². The molecule has 1 atom stereocenters. The molecule has 2 rings (SSSR count). The summed E-state index contributed by atoms with van der Waals surface area (Å²) in [7, 11) is 1.81. The zero-order valence-corrected chi connectivity index (χ0v) is 15.8. The minimum atomic E-state index is 0.537. The largest absolute Gasteiger partial charge is 0.467 e. The van der Waals surface area contributed by atoms with E-state index in [1.54, 1.807) is 6.26 Å². The maximum atomic E-state index is 5.57. The van der Waals surface area contributed by atoms with Crippen molar-refractivity contribution in [2.24, 2.45) is 4.99 Å². The highest BCUT2D eigenvalue weighted by Gasteiger charge is 2.16. The molecule has 1 saturated heterocycles. The summed E-state index contributed by atoms with van der Waals surface area (Å²) in [6.45, 7) is 7.82. The predicted molar refractivity (Wildman–Crippen MR) is 102 cm³/mol. The van der Waals surface area contributed by atoms with Crippen molar-refractivity contribution in [2.75, 3.05) is 39.8 Å². The van der Waals surface area contributed by atoms with E-state index < -0.39 is 0 Å². The van der Waals surface area contributed by atoms with E-state index in [1.165, 1.54) is 32.4 Å². The SMILES string of the molecule is CN=C(NCCCOCc1ccco1)NCCCN1CCCCC1C. The summed E-state index contributed by atoms with van der Waals surface area (Å²) in [6.07, 6.45) is 7.84. The molecule has 2 heterocycles. The van der Waals surface area contributed by atoms with Crippen molar-refractivity contribution in [1.82, 2.24) is 15.5 Å². The highest BCUT2D eigenvalue weighted by atomic mass is 16.5. The van der Waals surface area contributed by atoms with Crippen molar-refractivity contribution < 1.29 is 9.15 Å². The fraction of sp³-hybridized carbons (Fsp3) is 0.737. The molecule has 6 heteroatoms. The molecule has 1 unspecified atom stereocenters. The third-order valence-electron chi connectivity index (χ3n) is 4.66. The molecule has 1 aromatic heterocycles. The van der Waals surface area contributed by atoms with Crippen molar-refractivity contribution in [3.63, 3.8) is 0 Å². The van der Waals surface area contributed by atoms with E-state index in [-0.39, 0.29) is 0 Å². The zero-order chi connectivity index (χ0) is 17.7. The maximum Gasteiger partial charge on any atom is 0.190 e. The van der Waals surface area contributed by atoms with E-state index in [4.69, 9.17) is 9.15 Å². The van der Waals surface area contributed by atoms with Crippen LogP contribution in [0.5, 0.6) is 0 Å². The van der Waals surface area contributed by atoms with Crippen LogP contribution < -0.4 is 10.6 Å². The van der Waals surface area contributed by atoms with Gasteiger partial charge >= 0.3 is 0 Å². The summed E-state index contributed by atoms with van der Waals surface area (Å²) in [6, 6.07) is 4.55. The molecule has 6 nitrogen and oxygen atoms in total. The van der Waals surface area contributed by atoms with E-state index in [2.05, 4.69) is 27.4 Å². The molecule has 1 aliphatic heterocycles. The Morgan fingerprint density at radius 3 is 2.88 bits per heavy atom. The summed E-state index contributed by atoms with van der Waals surface area (Å²) in [5, 5.41) is 6.73. The number of ether oxygens (including phenoxy) is 1. The molecule has 1 fully saturated rings. The molecular weight excluding hydrogens is 316 g/mol. The number of rotatable bonds is 10. The number of nitrogens with zero attached hydrogens (tertiary/aromatic N) is 2. The average Bonchev–Trinajstić information content (AvgIpc) is 3.14. The van der Waals surface area contributed by atoms with Crippen LogP contribution in [0.2, 0.25) is 0 Å². The van der Waals surface area contributed by atoms with Crippen LogP contribution in [0.1, 0.15) is 44.8 Å². The summed E-state index contributed by atoms with van der Waals surface area (Å²) in [4.78, 5) is 6.88. The van der Waals surface area contributed by atoms with Crippen molar-refractivity contribution in [3.8, 4) is 0 Å². The molecule has 0 radical (unpaired) electrons. The molecular formula is C19H34N4O2. The van der Waals surface area contributed by atoms with Crippen LogP contribution in [-0.4, -0.2) is 56.7 Å². The Kier molecular flexibility index (Phi) is 9.44. The van der Waals surface area contributed by atoms with Gasteiger partial charge in [-0.25, -0.2) is 0 Å². The Balaban J connectivity index is 1.46. The van der Waals surface area contributed by atoms with Crippen LogP contribution in [0.4, 0.5) is 0 Å². The van der Waals surface area contributed by atoms with Gasteiger partial charge in [-0.1, -0.05) is 6.42 Å². The Hall–Kier alpha value is -1.53. The highest BCUT2D eigenvalue weighted by Crippen LogP contribution is 2.15.